The van der Waals surface area contributed by atoms with E-state index in [1.807, 2.05) is 30.3 Å². The number of halogens is 2. The van der Waals surface area contributed by atoms with Gasteiger partial charge >= 0.3 is 0 Å². The van der Waals surface area contributed by atoms with Gasteiger partial charge in [-0.1, -0.05) is 41.4 Å². The van der Waals surface area contributed by atoms with Crippen LogP contribution in [0.4, 0.5) is 0 Å². The maximum absolute atomic E-state index is 12.6. The van der Waals surface area contributed by atoms with Crippen molar-refractivity contribution in [1.82, 2.24) is 14.8 Å². The lowest BCUT2D eigenvalue weighted by Gasteiger charge is -2.08. The number of carbonyl (C=O) groups excluding carboxylic acids is 1. The minimum Gasteiger partial charge on any atom is -0.279 e. The van der Waals surface area contributed by atoms with Gasteiger partial charge in [-0.15, -0.1) is 0 Å². The number of hydrogen-bond acceptors (Lipinski definition) is 3. The number of benzene rings is 2. The predicted octanol–water partition coefficient (Wildman–Crippen LogP) is 3.56. The van der Waals surface area contributed by atoms with E-state index in [0.717, 1.165) is 5.69 Å². The summed E-state index contributed by atoms with van der Waals surface area (Å²) in [5.41, 5.74) is 4.28. The lowest BCUT2D eigenvalue weighted by atomic mass is 10.2. The van der Waals surface area contributed by atoms with Gasteiger partial charge in [0.15, 0.2) is 0 Å². The summed E-state index contributed by atoms with van der Waals surface area (Å²) in [6.45, 7) is 1.71. The number of carbonyl (C=O) groups is 1. The molecular formula is C19H16Cl2N4O2. The number of para-hydroxylation sites is 1. The van der Waals surface area contributed by atoms with Gasteiger partial charge < -0.3 is 0 Å². The Bertz CT molecular complexity index is 1090. The first-order valence-corrected chi connectivity index (χ1v) is 8.78. The molecule has 1 heterocycles. The summed E-state index contributed by atoms with van der Waals surface area (Å²) >= 11 is 11.9. The van der Waals surface area contributed by atoms with E-state index in [-0.39, 0.29) is 16.1 Å². The van der Waals surface area contributed by atoms with Gasteiger partial charge in [-0.25, -0.2) is 10.1 Å². The molecule has 0 aliphatic carbocycles. The number of hydrogen-bond donors (Lipinski definition) is 1. The van der Waals surface area contributed by atoms with Crippen LogP contribution in [0, 0.1) is 6.92 Å². The predicted molar refractivity (Wildman–Crippen MR) is 107 cm³/mol. The zero-order valence-electron chi connectivity index (χ0n) is 14.6. The zero-order valence-corrected chi connectivity index (χ0v) is 16.1. The third kappa shape index (κ3) is 3.82. The summed E-state index contributed by atoms with van der Waals surface area (Å²) in [7, 11) is 1.75. The van der Waals surface area contributed by atoms with Crippen LogP contribution in [0.25, 0.3) is 5.69 Å². The van der Waals surface area contributed by atoms with Crippen molar-refractivity contribution in [3.8, 4) is 5.69 Å². The molecule has 0 unspecified atom stereocenters. The normalized spacial score (nSPS) is 11.1. The van der Waals surface area contributed by atoms with E-state index in [0.29, 0.717) is 16.3 Å². The van der Waals surface area contributed by atoms with Gasteiger partial charge in [0.05, 0.1) is 28.2 Å². The van der Waals surface area contributed by atoms with Gasteiger partial charge in [-0.2, -0.15) is 5.10 Å². The zero-order chi connectivity index (χ0) is 19.6. The molecule has 0 saturated carbocycles. The van der Waals surface area contributed by atoms with Gasteiger partial charge in [-0.05, 0) is 37.3 Å². The lowest BCUT2D eigenvalue weighted by molar-refractivity contribution is 0.0955. The molecule has 138 valence electrons. The molecule has 27 heavy (non-hydrogen) atoms. The van der Waals surface area contributed by atoms with Crippen LogP contribution in [-0.2, 0) is 7.05 Å². The lowest BCUT2D eigenvalue weighted by Crippen LogP contribution is -2.20. The van der Waals surface area contributed by atoms with Crippen molar-refractivity contribution in [2.75, 3.05) is 0 Å². The van der Waals surface area contributed by atoms with Gasteiger partial charge in [0.1, 0.15) is 0 Å². The molecule has 3 aromatic rings. The van der Waals surface area contributed by atoms with E-state index in [1.54, 1.807) is 24.7 Å². The minimum atomic E-state index is -0.496. The molecule has 0 radical (unpaired) electrons. The first-order chi connectivity index (χ1) is 12.9. The van der Waals surface area contributed by atoms with Crippen LogP contribution in [-0.4, -0.2) is 21.5 Å². The van der Waals surface area contributed by atoms with E-state index in [1.165, 1.54) is 23.0 Å². The molecule has 0 atom stereocenters. The van der Waals surface area contributed by atoms with E-state index in [9.17, 15) is 9.59 Å². The number of nitrogens with zero attached hydrogens (tertiary/aromatic N) is 3. The second kappa shape index (κ2) is 7.82. The average molecular weight is 403 g/mol. The van der Waals surface area contributed by atoms with E-state index < -0.39 is 5.91 Å². The highest BCUT2D eigenvalue weighted by Gasteiger charge is 2.14. The largest absolute Gasteiger partial charge is 0.279 e. The van der Waals surface area contributed by atoms with E-state index in [4.69, 9.17) is 23.2 Å². The molecule has 0 spiro atoms. The Morgan fingerprint density at radius 3 is 2.56 bits per heavy atom. The van der Waals surface area contributed by atoms with Crippen LogP contribution < -0.4 is 11.0 Å². The van der Waals surface area contributed by atoms with E-state index >= 15 is 0 Å². The van der Waals surface area contributed by atoms with Crippen molar-refractivity contribution in [3.63, 3.8) is 0 Å². The number of hydrazone groups is 1. The van der Waals surface area contributed by atoms with Gasteiger partial charge in [0.2, 0.25) is 0 Å². The SMILES string of the molecule is Cc1c(/C=N\NC(=O)c2cc(Cl)ccc2Cl)n(C)n(-c2ccccc2)c1=O. The third-order valence-corrected chi connectivity index (χ3v) is 4.64. The summed E-state index contributed by atoms with van der Waals surface area (Å²) in [6.07, 6.45) is 1.42. The summed E-state index contributed by atoms with van der Waals surface area (Å²) < 4.78 is 3.21. The van der Waals surface area contributed by atoms with Crippen molar-refractivity contribution in [1.29, 1.82) is 0 Å². The molecule has 3 rings (SSSR count). The standard InChI is InChI=1S/C19H16Cl2N4O2/c1-12-17(24(2)25(19(12)27)14-6-4-3-5-7-14)11-22-23-18(26)15-10-13(20)8-9-16(15)21/h3-11H,1-2H3,(H,23,26)/b22-11-. The van der Waals surface area contributed by atoms with Gasteiger partial charge in [0, 0.05) is 17.6 Å². The second-order valence-corrected chi connectivity index (χ2v) is 6.65. The smallest absolute Gasteiger partial charge is 0.274 e. The highest BCUT2D eigenvalue weighted by Crippen LogP contribution is 2.20. The molecular weight excluding hydrogens is 387 g/mol. The highest BCUT2D eigenvalue weighted by molar-refractivity contribution is 6.35. The van der Waals surface area contributed by atoms with Crippen LogP contribution in [0.5, 0.6) is 0 Å². The molecule has 0 fully saturated rings. The number of amides is 1. The van der Waals surface area contributed by atoms with Crippen molar-refractivity contribution in [2.45, 2.75) is 6.92 Å². The Morgan fingerprint density at radius 1 is 1.15 bits per heavy atom. The molecule has 6 nitrogen and oxygen atoms in total. The first kappa shape index (κ1) is 18.9. The Labute approximate surface area is 165 Å². The molecule has 2 aromatic carbocycles. The molecule has 8 heteroatoms. The maximum atomic E-state index is 12.6. The number of aromatic nitrogens is 2. The van der Waals surface area contributed by atoms with Crippen LogP contribution in [0.3, 0.4) is 0 Å². The maximum Gasteiger partial charge on any atom is 0.274 e. The summed E-state index contributed by atoms with van der Waals surface area (Å²) in [6, 6.07) is 13.9. The third-order valence-electron chi connectivity index (χ3n) is 4.07. The molecule has 0 aliphatic heterocycles. The Kier molecular flexibility index (Phi) is 5.48. The molecule has 0 saturated heterocycles. The fraction of sp³-hybridized carbons (Fsp3) is 0.105. The van der Waals surface area contributed by atoms with Crippen molar-refractivity contribution in [2.24, 2.45) is 12.1 Å². The van der Waals surface area contributed by atoms with Gasteiger partial charge in [-0.3, -0.25) is 14.3 Å². The van der Waals surface area contributed by atoms with E-state index in [2.05, 4.69) is 10.5 Å². The Morgan fingerprint density at radius 2 is 1.85 bits per heavy atom. The Balaban J connectivity index is 1.87. The molecule has 1 N–H and O–H groups in total. The fourth-order valence-electron chi connectivity index (χ4n) is 2.68. The quantitative estimate of drug-likeness (QED) is 0.535. The monoisotopic (exact) mass is 402 g/mol. The molecule has 1 aromatic heterocycles. The topological polar surface area (TPSA) is 68.4 Å². The molecule has 0 bridgehead atoms. The van der Waals surface area contributed by atoms with Crippen LogP contribution in [0.1, 0.15) is 21.6 Å². The summed E-state index contributed by atoms with van der Waals surface area (Å²) in [5, 5.41) is 4.62. The number of nitrogens with one attached hydrogen (secondary N) is 1. The van der Waals surface area contributed by atoms with Crippen molar-refractivity contribution in [3.05, 3.63) is 85.8 Å². The van der Waals surface area contributed by atoms with Crippen molar-refractivity contribution >= 4 is 35.3 Å². The summed E-state index contributed by atoms with van der Waals surface area (Å²) in [5.74, 6) is -0.496. The minimum absolute atomic E-state index is 0.158. The van der Waals surface area contributed by atoms with Gasteiger partial charge in [0.25, 0.3) is 11.5 Å². The van der Waals surface area contributed by atoms with Crippen LogP contribution in [0.15, 0.2) is 58.4 Å². The van der Waals surface area contributed by atoms with Crippen molar-refractivity contribution < 1.29 is 4.79 Å². The fourth-order valence-corrected chi connectivity index (χ4v) is 3.05. The summed E-state index contributed by atoms with van der Waals surface area (Å²) in [4.78, 5) is 24.8. The highest BCUT2D eigenvalue weighted by atomic mass is 35.5. The molecule has 0 aliphatic rings. The van der Waals surface area contributed by atoms with Crippen LogP contribution in [0.2, 0.25) is 10.0 Å². The first-order valence-electron chi connectivity index (χ1n) is 8.02. The average Bonchev–Trinajstić information content (AvgIpc) is 2.87. The Hall–Kier alpha value is -2.83. The second-order valence-electron chi connectivity index (χ2n) is 5.81. The molecule has 1 amide bonds. The number of rotatable bonds is 4. The van der Waals surface area contributed by atoms with Crippen LogP contribution >= 0.6 is 23.2 Å².